The van der Waals surface area contributed by atoms with Crippen molar-refractivity contribution in [3.8, 4) is 16.9 Å². The molecule has 0 aliphatic heterocycles. The first-order valence-corrected chi connectivity index (χ1v) is 7.02. The zero-order chi connectivity index (χ0) is 16.6. The number of benzene rings is 2. The molecule has 0 saturated carbocycles. The Kier molecular flexibility index (Phi) is 3.77. The number of nitrogens with two attached hydrogens (primary N) is 1. The minimum absolute atomic E-state index is 0.257. The third-order valence-corrected chi connectivity index (χ3v) is 3.62. The monoisotopic (exact) mass is 337 g/mol. The molecule has 118 valence electrons. The van der Waals surface area contributed by atoms with Gasteiger partial charge in [0.05, 0.1) is 11.4 Å². The predicted octanol–water partition coefficient (Wildman–Crippen LogP) is 4.79. The van der Waals surface area contributed by atoms with Gasteiger partial charge in [0.25, 0.3) is 0 Å². The van der Waals surface area contributed by atoms with Crippen LogP contribution in [0.1, 0.15) is 5.69 Å². The molecule has 2 aromatic carbocycles. The van der Waals surface area contributed by atoms with Gasteiger partial charge in [-0.2, -0.15) is 18.3 Å². The van der Waals surface area contributed by atoms with Crippen LogP contribution >= 0.6 is 11.6 Å². The van der Waals surface area contributed by atoms with Crippen molar-refractivity contribution >= 4 is 17.3 Å². The van der Waals surface area contributed by atoms with Crippen LogP contribution in [-0.4, -0.2) is 9.78 Å². The summed E-state index contributed by atoms with van der Waals surface area (Å²) in [5.41, 5.74) is 6.34. The van der Waals surface area contributed by atoms with Gasteiger partial charge in [0.15, 0.2) is 5.69 Å². The van der Waals surface area contributed by atoms with Crippen LogP contribution < -0.4 is 5.73 Å². The van der Waals surface area contributed by atoms with Crippen molar-refractivity contribution in [2.24, 2.45) is 0 Å². The van der Waals surface area contributed by atoms with E-state index >= 15 is 0 Å². The first-order valence-electron chi connectivity index (χ1n) is 6.64. The van der Waals surface area contributed by atoms with E-state index in [1.807, 2.05) is 0 Å². The van der Waals surface area contributed by atoms with Crippen molar-refractivity contribution in [1.29, 1.82) is 0 Å². The van der Waals surface area contributed by atoms with Crippen molar-refractivity contribution in [3.05, 3.63) is 65.3 Å². The normalized spacial score (nSPS) is 11.7. The second-order valence-electron chi connectivity index (χ2n) is 4.90. The van der Waals surface area contributed by atoms with E-state index in [-0.39, 0.29) is 5.69 Å². The quantitative estimate of drug-likeness (QED) is 0.683. The number of aromatic nitrogens is 2. The van der Waals surface area contributed by atoms with Gasteiger partial charge >= 0.3 is 6.18 Å². The maximum absolute atomic E-state index is 13.0. The molecule has 3 nitrogen and oxygen atoms in total. The second kappa shape index (κ2) is 5.62. The minimum Gasteiger partial charge on any atom is -0.399 e. The van der Waals surface area contributed by atoms with E-state index in [0.717, 1.165) is 6.07 Å². The summed E-state index contributed by atoms with van der Waals surface area (Å²) in [7, 11) is 0. The fourth-order valence-corrected chi connectivity index (χ4v) is 2.43. The average molecular weight is 338 g/mol. The highest BCUT2D eigenvalue weighted by Crippen LogP contribution is 2.35. The summed E-state index contributed by atoms with van der Waals surface area (Å²) < 4.78 is 40.4. The topological polar surface area (TPSA) is 43.8 Å². The van der Waals surface area contributed by atoms with Gasteiger partial charge in [0, 0.05) is 16.3 Å². The molecule has 3 aromatic rings. The maximum atomic E-state index is 13.0. The van der Waals surface area contributed by atoms with E-state index < -0.39 is 11.9 Å². The number of rotatable bonds is 2. The van der Waals surface area contributed by atoms with Gasteiger partial charge in [-0.05, 0) is 36.4 Å². The third kappa shape index (κ3) is 3.03. The molecule has 0 radical (unpaired) electrons. The van der Waals surface area contributed by atoms with Crippen molar-refractivity contribution < 1.29 is 13.2 Å². The Hall–Kier alpha value is -2.47. The average Bonchev–Trinajstić information content (AvgIpc) is 2.93. The molecular formula is C16H11ClF3N3. The van der Waals surface area contributed by atoms with Crippen molar-refractivity contribution in [1.82, 2.24) is 9.78 Å². The highest BCUT2D eigenvalue weighted by atomic mass is 35.5. The van der Waals surface area contributed by atoms with Gasteiger partial charge in [-0.1, -0.05) is 29.8 Å². The van der Waals surface area contributed by atoms with E-state index in [2.05, 4.69) is 5.10 Å². The second-order valence-corrected chi connectivity index (χ2v) is 5.30. The Balaban J connectivity index is 2.23. The molecule has 0 amide bonds. The number of halogens is 4. The van der Waals surface area contributed by atoms with E-state index in [1.54, 1.807) is 48.5 Å². The summed E-state index contributed by atoms with van der Waals surface area (Å²) in [4.78, 5) is 0. The number of nitrogen functional groups attached to an aromatic ring is 1. The molecule has 2 N–H and O–H groups in total. The zero-order valence-corrected chi connectivity index (χ0v) is 12.4. The molecule has 0 spiro atoms. The van der Waals surface area contributed by atoms with Crippen LogP contribution in [0.2, 0.25) is 5.02 Å². The van der Waals surface area contributed by atoms with Gasteiger partial charge in [-0.25, -0.2) is 4.68 Å². The van der Waals surface area contributed by atoms with Crippen molar-refractivity contribution in [2.75, 3.05) is 5.73 Å². The highest BCUT2D eigenvalue weighted by Gasteiger charge is 2.35. The third-order valence-electron chi connectivity index (χ3n) is 3.29. The largest absolute Gasteiger partial charge is 0.435 e. The molecule has 0 bridgehead atoms. The lowest BCUT2D eigenvalue weighted by atomic mass is 10.1. The van der Waals surface area contributed by atoms with Crippen LogP contribution in [0, 0.1) is 0 Å². The number of anilines is 1. The van der Waals surface area contributed by atoms with E-state index in [4.69, 9.17) is 17.3 Å². The van der Waals surface area contributed by atoms with E-state index in [0.29, 0.717) is 22.0 Å². The smallest absolute Gasteiger partial charge is 0.399 e. The molecule has 0 saturated heterocycles. The number of nitrogens with zero attached hydrogens (tertiary/aromatic N) is 2. The number of hydrogen-bond acceptors (Lipinski definition) is 2. The maximum Gasteiger partial charge on any atom is 0.435 e. The molecule has 1 aromatic heterocycles. The Morgan fingerprint density at radius 2 is 1.65 bits per heavy atom. The Morgan fingerprint density at radius 3 is 2.26 bits per heavy atom. The summed E-state index contributed by atoms with van der Waals surface area (Å²) in [6, 6.07) is 14.1. The Labute approximate surface area is 135 Å². The highest BCUT2D eigenvalue weighted by molar-refractivity contribution is 6.33. The lowest BCUT2D eigenvalue weighted by Gasteiger charge is -2.09. The van der Waals surface area contributed by atoms with Gasteiger partial charge < -0.3 is 5.73 Å². The molecule has 0 aliphatic carbocycles. The first-order chi connectivity index (χ1) is 10.9. The Bertz CT molecular complexity index is 839. The Morgan fingerprint density at radius 1 is 1.00 bits per heavy atom. The van der Waals surface area contributed by atoms with Crippen molar-refractivity contribution in [2.45, 2.75) is 6.18 Å². The number of alkyl halides is 3. The lowest BCUT2D eigenvalue weighted by Crippen LogP contribution is -2.07. The molecule has 0 unspecified atom stereocenters. The van der Waals surface area contributed by atoms with Gasteiger partial charge in [0.2, 0.25) is 0 Å². The summed E-state index contributed by atoms with van der Waals surface area (Å²) in [5.74, 6) is 0. The van der Waals surface area contributed by atoms with Crippen LogP contribution in [0.3, 0.4) is 0 Å². The molecule has 0 atom stereocenters. The van der Waals surface area contributed by atoms with Crippen LogP contribution in [0.5, 0.6) is 0 Å². The molecule has 1 heterocycles. The van der Waals surface area contributed by atoms with Gasteiger partial charge in [-0.15, -0.1) is 0 Å². The SMILES string of the molecule is Nc1ccc(-n2nc(C(F)(F)F)cc2-c2ccccc2Cl)cc1. The van der Waals surface area contributed by atoms with Crippen molar-refractivity contribution in [3.63, 3.8) is 0 Å². The summed E-state index contributed by atoms with van der Waals surface area (Å²) >= 11 is 6.12. The van der Waals surface area contributed by atoms with Crippen LogP contribution in [0.4, 0.5) is 18.9 Å². The fraction of sp³-hybridized carbons (Fsp3) is 0.0625. The summed E-state index contributed by atoms with van der Waals surface area (Å²) in [6.45, 7) is 0. The standard InChI is InChI=1S/C16H11ClF3N3/c17-13-4-2-1-3-12(13)14-9-15(16(18,19)20)22-23(14)11-7-5-10(21)6-8-11/h1-9H,21H2. The minimum atomic E-state index is -4.55. The molecule has 0 aliphatic rings. The van der Waals surface area contributed by atoms with Crippen LogP contribution in [0.25, 0.3) is 16.9 Å². The fourth-order valence-electron chi connectivity index (χ4n) is 2.19. The van der Waals surface area contributed by atoms with E-state index in [1.165, 1.54) is 4.68 Å². The summed E-state index contributed by atoms with van der Waals surface area (Å²) in [5, 5.41) is 4.04. The van der Waals surface area contributed by atoms with Gasteiger partial charge in [0.1, 0.15) is 0 Å². The zero-order valence-electron chi connectivity index (χ0n) is 11.7. The molecule has 23 heavy (non-hydrogen) atoms. The summed E-state index contributed by atoms with van der Waals surface area (Å²) in [6.07, 6.45) is -4.55. The molecule has 0 fully saturated rings. The first kappa shape index (κ1) is 15.4. The van der Waals surface area contributed by atoms with Crippen LogP contribution in [0.15, 0.2) is 54.6 Å². The number of hydrogen-bond donors (Lipinski definition) is 1. The predicted molar refractivity (Wildman–Crippen MR) is 83.4 cm³/mol. The molecular weight excluding hydrogens is 327 g/mol. The van der Waals surface area contributed by atoms with Gasteiger partial charge in [-0.3, -0.25) is 0 Å². The van der Waals surface area contributed by atoms with E-state index in [9.17, 15) is 13.2 Å². The molecule has 3 rings (SSSR count). The van der Waals surface area contributed by atoms with Crippen LogP contribution in [-0.2, 0) is 6.18 Å². The lowest BCUT2D eigenvalue weighted by molar-refractivity contribution is -0.141. The molecule has 7 heteroatoms.